The zero-order valence-corrected chi connectivity index (χ0v) is 17.8. The third kappa shape index (κ3) is 3.34. The van der Waals surface area contributed by atoms with Crippen LogP contribution in [-0.4, -0.2) is 11.6 Å². The molecule has 3 aromatic rings. The van der Waals surface area contributed by atoms with Crippen molar-refractivity contribution in [2.75, 3.05) is 5.32 Å². The second-order valence-corrected chi connectivity index (χ2v) is 8.42. The van der Waals surface area contributed by atoms with Crippen LogP contribution in [0, 0.1) is 11.6 Å². The highest BCUT2D eigenvalue weighted by Gasteiger charge is 2.36. The van der Waals surface area contributed by atoms with E-state index < -0.39 is 34.3 Å². The van der Waals surface area contributed by atoms with E-state index in [9.17, 15) is 9.59 Å². The van der Waals surface area contributed by atoms with Gasteiger partial charge in [0.25, 0.3) is 0 Å². The lowest BCUT2D eigenvalue weighted by atomic mass is 9.83. The highest BCUT2D eigenvalue weighted by Crippen LogP contribution is 2.38. The molecule has 1 aliphatic rings. The van der Waals surface area contributed by atoms with E-state index >= 15 is 8.78 Å². The Morgan fingerprint density at radius 1 is 0.742 bits per heavy atom. The molecule has 3 aromatic carbocycles. The van der Waals surface area contributed by atoms with Crippen LogP contribution in [0.1, 0.15) is 82.5 Å². The van der Waals surface area contributed by atoms with Crippen LogP contribution < -0.4 is 5.32 Å². The summed E-state index contributed by atoms with van der Waals surface area (Å²) in [4.78, 5) is 25.8. The van der Waals surface area contributed by atoms with Gasteiger partial charge >= 0.3 is 0 Å². The van der Waals surface area contributed by atoms with Gasteiger partial charge in [-0.05, 0) is 23.0 Å². The van der Waals surface area contributed by atoms with Crippen molar-refractivity contribution < 1.29 is 18.4 Å². The Balaban J connectivity index is 1.91. The summed E-state index contributed by atoms with van der Waals surface area (Å²) >= 11 is 0. The molecule has 158 valence electrons. The number of rotatable bonds is 4. The number of halogens is 2. The molecule has 0 unspecified atom stereocenters. The molecule has 0 aliphatic heterocycles. The van der Waals surface area contributed by atoms with Crippen LogP contribution >= 0.6 is 0 Å². The first kappa shape index (κ1) is 20.9. The van der Waals surface area contributed by atoms with E-state index in [4.69, 9.17) is 0 Å². The van der Waals surface area contributed by atoms with Crippen LogP contribution in [0.25, 0.3) is 0 Å². The van der Waals surface area contributed by atoms with E-state index in [0.717, 1.165) is 17.2 Å². The number of carbonyl (C=O) groups excluding carboxylic acids is 2. The maximum absolute atomic E-state index is 15.6. The second-order valence-electron chi connectivity index (χ2n) is 8.42. The van der Waals surface area contributed by atoms with Gasteiger partial charge in [-0.15, -0.1) is 0 Å². The van der Waals surface area contributed by atoms with Crippen molar-refractivity contribution in [3.05, 3.63) is 93.5 Å². The molecule has 1 aliphatic carbocycles. The predicted molar refractivity (Wildman–Crippen MR) is 118 cm³/mol. The average molecular weight is 419 g/mol. The molecule has 0 fully saturated rings. The van der Waals surface area contributed by atoms with Gasteiger partial charge in [-0.25, -0.2) is 8.78 Å². The van der Waals surface area contributed by atoms with Gasteiger partial charge in [0.2, 0.25) is 0 Å². The predicted octanol–water partition coefficient (Wildman–Crippen LogP) is 6.73. The topological polar surface area (TPSA) is 46.2 Å². The van der Waals surface area contributed by atoms with Crippen LogP contribution in [0.3, 0.4) is 0 Å². The van der Waals surface area contributed by atoms with Gasteiger partial charge in [0.15, 0.2) is 17.4 Å². The minimum atomic E-state index is -0.919. The normalized spacial score (nSPS) is 12.9. The summed E-state index contributed by atoms with van der Waals surface area (Å²) in [5.41, 5.74) is 1.60. The first-order valence-electron chi connectivity index (χ1n) is 10.3. The number of nitrogens with one attached hydrogen (secondary N) is 1. The average Bonchev–Trinajstić information content (AvgIpc) is 2.74. The van der Waals surface area contributed by atoms with Gasteiger partial charge in [0.05, 0.1) is 16.8 Å². The lowest BCUT2D eigenvalue weighted by Gasteiger charge is -2.23. The molecule has 31 heavy (non-hydrogen) atoms. The van der Waals surface area contributed by atoms with E-state index in [1.54, 1.807) is 12.1 Å². The third-order valence-electron chi connectivity index (χ3n) is 5.72. The standard InChI is InChI=1S/C26H23F2NO2/c1-13(2)15-10-7-11-16(14(3)4)24(15)29-20-12-19(27)21-22(23(20)28)26(31)18-9-6-5-8-17(18)25(21)30/h5-14,29H,1-4H3. The van der Waals surface area contributed by atoms with Crippen molar-refractivity contribution in [2.24, 2.45) is 0 Å². The molecule has 0 heterocycles. The fourth-order valence-electron chi connectivity index (χ4n) is 4.13. The maximum Gasteiger partial charge on any atom is 0.197 e. The van der Waals surface area contributed by atoms with Crippen molar-refractivity contribution in [1.82, 2.24) is 0 Å². The van der Waals surface area contributed by atoms with Gasteiger partial charge in [0.1, 0.15) is 5.82 Å². The quantitative estimate of drug-likeness (QED) is 0.399. The minimum absolute atomic E-state index is 0.0842. The molecule has 0 atom stereocenters. The first-order valence-corrected chi connectivity index (χ1v) is 10.3. The van der Waals surface area contributed by atoms with Crippen molar-refractivity contribution in [3.63, 3.8) is 0 Å². The maximum atomic E-state index is 15.6. The second kappa shape index (κ2) is 7.73. The van der Waals surface area contributed by atoms with E-state index in [1.165, 1.54) is 12.1 Å². The summed E-state index contributed by atoms with van der Waals surface area (Å²) < 4.78 is 30.7. The molecule has 0 bridgehead atoms. The number of hydrogen-bond donors (Lipinski definition) is 1. The van der Waals surface area contributed by atoms with Crippen LogP contribution in [0.4, 0.5) is 20.2 Å². The van der Waals surface area contributed by atoms with Crippen LogP contribution in [0.15, 0.2) is 48.5 Å². The largest absolute Gasteiger partial charge is 0.353 e. The van der Waals surface area contributed by atoms with Crippen molar-refractivity contribution in [2.45, 2.75) is 39.5 Å². The van der Waals surface area contributed by atoms with E-state index in [0.29, 0.717) is 5.69 Å². The molecule has 0 saturated carbocycles. The summed E-state index contributed by atoms with van der Waals surface area (Å²) in [5.74, 6) is -2.92. The zero-order valence-electron chi connectivity index (χ0n) is 17.8. The number of fused-ring (bicyclic) bond motifs is 2. The Morgan fingerprint density at radius 2 is 1.26 bits per heavy atom. The summed E-state index contributed by atoms with van der Waals surface area (Å²) in [6, 6.07) is 12.9. The molecule has 1 N–H and O–H groups in total. The molecule has 0 radical (unpaired) electrons. The van der Waals surface area contributed by atoms with Crippen LogP contribution in [0.5, 0.6) is 0 Å². The lowest BCUT2D eigenvalue weighted by Crippen LogP contribution is -2.24. The monoisotopic (exact) mass is 419 g/mol. The molecule has 0 spiro atoms. The van der Waals surface area contributed by atoms with Gasteiger partial charge in [-0.2, -0.15) is 0 Å². The lowest BCUT2D eigenvalue weighted by molar-refractivity contribution is 0.0972. The summed E-state index contributed by atoms with van der Waals surface area (Å²) in [5, 5.41) is 3.04. The van der Waals surface area contributed by atoms with Gasteiger partial charge in [-0.1, -0.05) is 70.2 Å². The molecule has 4 rings (SSSR count). The van der Waals surface area contributed by atoms with Gasteiger partial charge in [0, 0.05) is 22.9 Å². The Kier molecular flexibility index (Phi) is 5.21. The molecule has 3 nitrogen and oxygen atoms in total. The Morgan fingerprint density at radius 3 is 1.77 bits per heavy atom. The highest BCUT2D eigenvalue weighted by atomic mass is 19.1. The number of ketones is 2. The van der Waals surface area contributed by atoms with E-state index in [1.807, 2.05) is 45.9 Å². The number of para-hydroxylation sites is 1. The highest BCUT2D eigenvalue weighted by molar-refractivity contribution is 6.28. The fraction of sp³-hybridized carbons (Fsp3) is 0.231. The molecular weight excluding hydrogens is 396 g/mol. The minimum Gasteiger partial charge on any atom is -0.353 e. The molecule has 0 saturated heterocycles. The summed E-state index contributed by atoms with van der Waals surface area (Å²) in [7, 11) is 0. The molecule has 0 aromatic heterocycles. The molecule has 5 heteroatoms. The Bertz CT molecular complexity index is 1200. The third-order valence-corrected chi connectivity index (χ3v) is 5.72. The fourth-order valence-corrected chi connectivity index (χ4v) is 4.13. The number of benzene rings is 3. The summed E-state index contributed by atoms with van der Waals surface area (Å²) in [6.45, 7) is 8.09. The van der Waals surface area contributed by atoms with E-state index in [-0.39, 0.29) is 28.7 Å². The van der Waals surface area contributed by atoms with Gasteiger partial charge < -0.3 is 5.32 Å². The first-order chi connectivity index (χ1) is 14.7. The Hall–Kier alpha value is -3.34. The van der Waals surface area contributed by atoms with Crippen molar-refractivity contribution in [1.29, 1.82) is 0 Å². The Labute approximate surface area is 180 Å². The van der Waals surface area contributed by atoms with E-state index in [2.05, 4.69) is 5.32 Å². The zero-order chi connectivity index (χ0) is 22.4. The molecular formula is C26H23F2NO2. The van der Waals surface area contributed by atoms with Crippen LogP contribution in [0.2, 0.25) is 0 Å². The summed E-state index contributed by atoms with van der Waals surface area (Å²) in [6.07, 6.45) is 0. The van der Waals surface area contributed by atoms with Crippen molar-refractivity contribution >= 4 is 22.9 Å². The number of hydrogen-bond acceptors (Lipinski definition) is 3. The SMILES string of the molecule is CC(C)c1cccc(C(C)C)c1Nc1cc(F)c2c(c1F)C(=O)c1ccccc1C2=O. The smallest absolute Gasteiger partial charge is 0.197 e. The number of anilines is 2. The van der Waals surface area contributed by atoms with Crippen LogP contribution in [-0.2, 0) is 0 Å². The molecule has 0 amide bonds. The number of carbonyl (C=O) groups is 2. The van der Waals surface area contributed by atoms with Gasteiger partial charge in [-0.3, -0.25) is 9.59 Å². The van der Waals surface area contributed by atoms with Crippen molar-refractivity contribution in [3.8, 4) is 0 Å².